The maximum absolute atomic E-state index is 12.9. The molecule has 3 fully saturated rings. The zero-order valence-corrected chi connectivity index (χ0v) is 23.4. The summed E-state index contributed by atoms with van der Waals surface area (Å²) < 4.78 is 3.83. The normalized spacial score (nSPS) is 19.1. The van der Waals surface area contributed by atoms with Gasteiger partial charge in [0.15, 0.2) is 16.3 Å². The molecule has 1 N–H and O–H groups in total. The summed E-state index contributed by atoms with van der Waals surface area (Å²) in [5, 5.41) is 5.28. The van der Waals surface area contributed by atoms with Crippen LogP contribution in [0.2, 0.25) is 0 Å². The minimum Gasteiger partial charge on any atom is -0.343 e. The standard InChI is InChI=1S/C26H32N8O5S/c1-30-21-20(23(38)31(2)25(30)39)33(15-28-21)12-19(36)34-13-26(14-34)10-16(11-26)9-18(35)32-6-3-17(4-7-32)22(37)29-24-27-5-8-40-24/h5,8,15-17H,3-4,6-7,9-14H2,1-2H3,(H,27,29,37). The Morgan fingerprint density at radius 2 is 1.75 bits per heavy atom. The van der Waals surface area contributed by atoms with E-state index in [0.717, 1.165) is 17.4 Å². The zero-order chi connectivity index (χ0) is 28.2. The first kappa shape index (κ1) is 26.4. The highest BCUT2D eigenvalue weighted by atomic mass is 32.1. The highest BCUT2D eigenvalue weighted by Crippen LogP contribution is 2.53. The van der Waals surface area contributed by atoms with Gasteiger partial charge in [0.2, 0.25) is 17.7 Å². The summed E-state index contributed by atoms with van der Waals surface area (Å²) in [7, 11) is 2.96. The molecule has 1 saturated carbocycles. The predicted molar refractivity (Wildman–Crippen MR) is 147 cm³/mol. The van der Waals surface area contributed by atoms with Gasteiger partial charge in [-0.15, -0.1) is 11.3 Å². The van der Waals surface area contributed by atoms with Crippen LogP contribution in [0.3, 0.4) is 0 Å². The lowest BCUT2D eigenvalue weighted by Crippen LogP contribution is -2.64. The van der Waals surface area contributed by atoms with Gasteiger partial charge in [-0.1, -0.05) is 0 Å². The molecular weight excluding hydrogens is 536 g/mol. The van der Waals surface area contributed by atoms with Crippen molar-refractivity contribution < 1.29 is 14.4 Å². The largest absolute Gasteiger partial charge is 0.343 e. The van der Waals surface area contributed by atoms with Gasteiger partial charge >= 0.3 is 5.69 Å². The molecule has 13 nitrogen and oxygen atoms in total. The highest BCUT2D eigenvalue weighted by Gasteiger charge is 2.53. The van der Waals surface area contributed by atoms with Crippen molar-refractivity contribution in [2.45, 2.75) is 38.6 Å². The third-order valence-corrected chi connectivity index (χ3v) is 9.40. The molecule has 40 heavy (non-hydrogen) atoms. The number of fused-ring (bicyclic) bond motifs is 1. The average Bonchev–Trinajstić information content (AvgIpc) is 3.56. The smallest absolute Gasteiger partial charge is 0.332 e. The first-order chi connectivity index (χ1) is 19.1. The van der Waals surface area contributed by atoms with Gasteiger partial charge in [0.1, 0.15) is 6.54 Å². The van der Waals surface area contributed by atoms with Gasteiger partial charge in [-0.25, -0.2) is 14.8 Å². The van der Waals surface area contributed by atoms with Crippen LogP contribution in [0, 0.1) is 17.3 Å². The molecular formula is C26H32N8O5S. The van der Waals surface area contributed by atoms with E-state index in [1.165, 1.54) is 33.8 Å². The fourth-order valence-corrected chi connectivity index (χ4v) is 7.06. The fourth-order valence-electron chi connectivity index (χ4n) is 6.53. The average molecular weight is 569 g/mol. The number of hydrogen-bond donors (Lipinski definition) is 1. The van der Waals surface area contributed by atoms with Crippen LogP contribution < -0.4 is 16.6 Å². The van der Waals surface area contributed by atoms with Crippen molar-refractivity contribution >= 4 is 45.4 Å². The Morgan fingerprint density at radius 3 is 2.42 bits per heavy atom. The molecule has 3 aromatic heterocycles. The molecule has 0 unspecified atom stereocenters. The first-order valence-corrected chi connectivity index (χ1v) is 14.4. The molecule has 3 amide bonds. The summed E-state index contributed by atoms with van der Waals surface area (Å²) in [6.45, 7) is 2.47. The van der Waals surface area contributed by atoms with Crippen LogP contribution in [-0.2, 0) is 35.0 Å². The van der Waals surface area contributed by atoms with E-state index in [9.17, 15) is 24.0 Å². The van der Waals surface area contributed by atoms with Crippen LogP contribution in [0.15, 0.2) is 27.5 Å². The van der Waals surface area contributed by atoms with E-state index < -0.39 is 11.2 Å². The molecule has 14 heteroatoms. The molecule has 6 rings (SSSR count). The molecule has 0 aromatic carbocycles. The topological polar surface area (TPSA) is 144 Å². The Kier molecular flexibility index (Phi) is 6.59. The Morgan fingerprint density at radius 1 is 1.02 bits per heavy atom. The van der Waals surface area contributed by atoms with Crippen LogP contribution in [0.25, 0.3) is 11.2 Å². The van der Waals surface area contributed by atoms with Crippen molar-refractivity contribution in [3.63, 3.8) is 0 Å². The number of likely N-dealkylation sites (tertiary alicyclic amines) is 2. The number of rotatable bonds is 6. The number of aromatic nitrogens is 5. The quantitative estimate of drug-likeness (QED) is 0.453. The molecule has 5 heterocycles. The van der Waals surface area contributed by atoms with Crippen molar-refractivity contribution in [1.82, 2.24) is 33.5 Å². The van der Waals surface area contributed by atoms with Crippen LogP contribution >= 0.6 is 11.3 Å². The summed E-state index contributed by atoms with van der Waals surface area (Å²) in [4.78, 5) is 75.0. The van der Waals surface area contributed by atoms with Gasteiger partial charge in [0, 0.05) is 69.6 Å². The van der Waals surface area contributed by atoms with Gasteiger partial charge < -0.3 is 19.7 Å². The van der Waals surface area contributed by atoms with Gasteiger partial charge in [-0.05, 0) is 31.6 Å². The van der Waals surface area contributed by atoms with Crippen molar-refractivity contribution in [3.8, 4) is 0 Å². The Labute approximate surface area is 233 Å². The van der Waals surface area contributed by atoms with Crippen LogP contribution in [-0.4, -0.2) is 77.4 Å². The first-order valence-electron chi connectivity index (χ1n) is 13.5. The molecule has 2 aliphatic heterocycles. The molecule has 1 aliphatic carbocycles. The lowest BCUT2D eigenvalue weighted by Gasteiger charge is -2.59. The Balaban J connectivity index is 0.950. The number of carbonyl (C=O) groups excluding carboxylic acids is 3. The lowest BCUT2D eigenvalue weighted by molar-refractivity contribution is -0.158. The zero-order valence-electron chi connectivity index (χ0n) is 22.5. The van der Waals surface area contributed by atoms with Crippen molar-refractivity contribution in [3.05, 3.63) is 38.7 Å². The predicted octanol–water partition coefficient (Wildman–Crippen LogP) is 0.396. The summed E-state index contributed by atoms with van der Waals surface area (Å²) in [5.41, 5.74) is -0.358. The number of aryl methyl sites for hydroxylation is 1. The van der Waals surface area contributed by atoms with Crippen molar-refractivity contribution in [1.29, 1.82) is 0 Å². The molecule has 2 saturated heterocycles. The number of nitrogens with zero attached hydrogens (tertiary/aromatic N) is 7. The monoisotopic (exact) mass is 568 g/mol. The number of amides is 3. The van der Waals surface area contributed by atoms with Gasteiger partial charge in [0.25, 0.3) is 5.56 Å². The fraction of sp³-hybridized carbons (Fsp3) is 0.577. The van der Waals surface area contributed by atoms with Gasteiger partial charge in [-0.3, -0.25) is 28.3 Å². The summed E-state index contributed by atoms with van der Waals surface area (Å²) in [6, 6.07) is 0. The minimum atomic E-state index is -0.474. The van der Waals surface area contributed by atoms with E-state index in [-0.39, 0.29) is 46.8 Å². The third kappa shape index (κ3) is 4.63. The second-order valence-corrected chi connectivity index (χ2v) is 12.4. The van der Waals surface area contributed by atoms with E-state index in [4.69, 9.17) is 0 Å². The number of imidazole rings is 1. The summed E-state index contributed by atoms with van der Waals surface area (Å²) in [5.74, 6) is 0.239. The summed E-state index contributed by atoms with van der Waals surface area (Å²) in [6.07, 6.45) is 6.75. The van der Waals surface area contributed by atoms with Crippen LogP contribution in [0.4, 0.5) is 5.13 Å². The molecule has 3 aliphatic rings. The third-order valence-electron chi connectivity index (χ3n) is 8.72. The molecule has 0 atom stereocenters. The summed E-state index contributed by atoms with van der Waals surface area (Å²) >= 11 is 1.39. The Hall–Kier alpha value is -3.81. The number of piperidine rings is 1. The molecule has 212 valence electrons. The molecule has 0 bridgehead atoms. The maximum atomic E-state index is 12.9. The van der Waals surface area contributed by atoms with E-state index in [0.29, 0.717) is 56.5 Å². The number of nitrogens with one attached hydrogen (secondary N) is 1. The molecule has 3 aromatic rings. The minimum absolute atomic E-state index is 0.0141. The van der Waals surface area contributed by atoms with Crippen molar-refractivity contribution in [2.24, 2.45) is 31.3 Å². The Bertz CT molecular complexity index is 1580. The van der Waals surface area contributed by atoms with E-state index in [1.807, 2.05) is 10.3 Å². The SMILES string of the molecule is Cn1c(=O)c2c(ncn2CC(=O)N2CC3(CC(CC(=O)N4CCC(C(=O)Nc5nccs5)CC4)C3)C2)n(C)c1=O. The highest BCUT2D eigenvalue weighted by molar-refractivity contribution is 7.13. The maximum Gasteiger partial charge on any atom is 0.332 e. The number of anilines is 1. The molecule has 0 radical (unpaired) electrons. The van der Waals surface area contributed by atoms with Gasteiger partial charge in [0.05, 0.1) is 6.33 Å². The van der Waals surface area contributed by atoms with Crippen LogP contribution in [0.1, 0.15) is 32.1 Å². The van der Waals surface area contributed by atoms with Crippen LogP contribution in [0.5, 0.6) is 0 Å². The number of carbonyl (C=O) groups is 3. The second-order valence-electron chi connectivity index (χ2n) is 11.5. The molecule has 1 spiro atoms. The second kappa shape index (κ2) is 9.98. The van der Waals surface area contributed by atoms with Crippen molar-refractivity contribution in [2.75, 3.05) is 31.5 Å². The number of thiazole rings is 1. The van der Waals surface area contributed by atoms with E-state index in [2.05, 4.69) is 15.3 Å². The lowest BCUT2D eigenvalue weighted by atomic mass is 9.57. The van der Waals surface area contributed by atoms with E-state index >= 15 is 0 Å². The van der Waals surface area contributed by atoms with Gasteiger partial charge in [-0.2, -0.15) is 0 Å². The van der Waals surface area contributed by atoms with E-state index in [1.54, 1.807) is 18.1 Å². The number of hydrogen-bond acceptors (Lipinski definition) is 8.